The van der Waals surface area contributed by atoms with Gasteiger partial charge in [-0.3, -0.25) is 0 Å². The van der Waals surface area contributed by atoms with Gasteiger partial charge >= 0.3 is 5.97 Å². The minimum atomic E-state index is -0.993. The second-order valence-electron chi connectivity index (χ2n) is 3.83. The van der Waals surface area contributed by atoms with Crippen LogP contribution in [0, 0.1) is 11.6 Å². The number of aromatic carboxylic acids is 1. The topological polar surface area (TPSA) is 37.3 Å². The average Bonchev–Trinajstić information content (AvgIpc) is 2.41. The van der Waals surface area contributed by atoms with Crippen LogP contribution in [-0.2, 0) is 5.75 Å². The van der Waals surface area contributed by atoms with Gasteiger partial charge in [0.15, 0.2) is 11.6 Å². The van der Waals surface area contributed by atoms with Crippen molar-refractivity contribution in [1.82, 2.24) is 0 Å². The Morgan fingerprint density at radius 1 is 1.11 bits per heavy atom. The first-order chi connectivity index (χ1) is 9.08. The van der Waals surface area contributed by atoms with Crippen LogP contribution in [0.15, 0.2) is 47.4 Å². The van der Waals surface area contributed by atoms with Crippen molar-refractivity contribution in [2.24, 2.45) is 0 Å². The Balaban J connectivity index is 2.06. The van der Waals surface area contributed by atoms with Crippen LogP contribution in [-0.4, -0.2) is 11.1 Å². The molecule has 0 heterocycles. The highest BCUT2D eigenvalue weighted by Gasteiger charge is 2.08. The largest absolute Gasteiger partial charge is 0.478 e. The lowest BCUT2D eigenvalue weighted by Gasteiger charge is -2.04. The number of hydrogen-bond acceptors (Lipinski definition) is 2. The van der Waals surface area contributed by atoms with Gasteiger partial charge in [0.1, 0.15) is 0 Å². The van der Waals surface area contributed by atoms with E-state index in [-0.39, 0.29) is 16.9 Å². The summed E-state index contributed by atoms with van der Waals surface area (Å²) in [5.41, 5.74) is 0.480. The molecule has 0 fully saturated rings. The first-order valence-electron chi connectivity index (χ1n) is 5.47. The van der Waals surface area contributed by atoms with Crippen LogP contribution in [0.4, 0.5) is 8.78 Å². The van der Waals surface area contributed by atoms with E-state index in [1.165, 1.54) is 36.0 Å². The van der Waals surface area contributed by atoms with E-state index in [0.717, 1.165) is 11.0 Å². The molecule has 2 aromatic rings. The van der Waals surface area contributed by atoms with Crippen molar-refractivity contribution in [1.29, 1.82) is 0 Å². The molecule has 0 amide bonds. The lowest BCUT2D eigenvalue weighted by molar-refractivity contribution is 0.0697. The molecule has 0 saturated heterocycles. The van der Waals surface area contributed by atoms with Gasteiger partial charge in [-0.1, -0.05) is 12.1 Å². The summed E-state index contributed by atoms with van der Waals surface area (Å²) in [5.74, 6) is -2.40. The molecular formula is C14H10F2O2S. The zero-order valence-corrected chi connectivity index (χ0v) is 10.6. The summed E-state index contributed by atoms with van der Waals surface area (Å²) in [7, 11) is 0. The fraction of sp³-hybridized carbons (Fsp3) is 0.0714. The Morgan fingerprint density at radius 2 is 1.79 bits per heavy atom. The van der Waals surface area contributed by atoms with Gasteiger partial charge in [-0.15, -0.1) is 11.8 Å². The van der Waals surface area contributed by atoms with Gasteiger partial charge in [0.2, 0.25) is 0 Å². The van der Waals surface area contributed by atoms with E-state index in [9.17, 15) is 13.6 Å². The second-order valence-corrected chi connectivity index (χ2v) is 4.88. The van der Waals surface area contributed by atoms with Gasteiger partial charge in [0.05, 0.1) is 5.56 Å². The van der Waals surface area contributed by atoms with Crippen LogP contribution >= 0.6 is 11.8 Å². The predicted octanol–water partition coefficient (Wildman–Crippen LogP) is 3.96. The number of carbonyl (C=O) groups is 1. The van der Waals surface area contributed by atoms with Crippen molar-refractivity contribution in [3.05, 3.63) is 65.2 Å². The molecule has 0 bridgehead atoms. The summed E-state index contributed by atoms with van der Waals surface area (Å²) in [6, 6.07) is 10.3. The van der Waals surface area contributed by atoms with Gasteiger partial charge in [0, 0.05) is 16.2 Å². The van der Waals surface area contributed by atoms with Crippen molar-refractivity contribution < 1.29 is 18.7 Å². The standard InChI is InChI=1S/C14H10F2O2S/c15-12-3-1-2-10(13(12)16)8-19-11-6-4-9(5-7-11)14(17)18/h1-7H,8H2,(H,17,18). The minimum Gasteiger partial charge on any atom is -0.478 e. The number of carboxylic acid groups (broad SMARTS) is 1. The van der Waals surface area contributed by atoms with Crippen LogP contribution in [0.5, 0.6) is 0 Å². The SMILES string of the molecule is O=C(O)c1ccc(SCc2cccc(F)c2F)cc1. The third-order valence-corrected chi connectivity index (χ3v) is 3.59. The summed E-state index contributed by atoms with van der Waals surface area (Å²) >= 11 is 1.32. The van der Waals surface area contributed by atoms with Crippen LogP contribution in [0.1, 0.15) is 15.9 Å². The van der Waals surface area contributed by atoms with E-state index in [2.05, 4.69) is 0 Å². The molecule has 98 valence electrons. The van der Waals surface area contributed by atoms with Crippen molar-refractivity contribution in [3.63, 3.8) is 0 Å². The molecule has 0 atom stereocenters. The van der Waals surface area contributed by atoms with E-state index < -0.39 is 17.6 Å². The maximum absolute atomic E-state index is 13.4. The summed E-state index contributed by atoms with van der Waals surface area (Å²) in [6.45, 7) is 0. The Bertz CT molecular complexity index is 597. The Hall–Kier alpha value is -1.88. The van der Waals surface area contributed by atoms with E-state index in [1.807, 2.05) is 0 Å². The van der Waals surface area contributed by atoms with Crippen LogP contribution < -0.4 is 0 Å². The van der Waals surface area contributed by atoms with E-state index in [4.69, 9.17) is 5.11 Å². The number of thioether (sulfide) groups is 1. The molecule has 0 aromatic heterocycles. The fourth-order valence-corrected chi connectivity index (χ4v) is 2.39. The van der Waals surface area contributed by atoms with Crippen molar-refractivity contribution in [3.8, 4) is 0 Å². The van der Waals surface area contributed by atoms with E-state index in [0.29, 0.717) is 0 Å². The van der Waals surface area contributed by atoms with Crippen molar-refractivity contribution >= 4 is 17.7 Å². The second kappa shape index (κ2) is 5.84. The molecule has 2 aromatic carbocycles. The lowest BCUT2D eigenvalue weighted by atomic mass is 10.2. The molecule has 1 N–H and O–H groups in total. The maximum Gasteiger partial charge on any atom is 0.335 e. The molecule has 0 spiro atoms. The number of rotatable bonds is 4. The molecule has 0 aliphatic heterocycles. The van der Waals surface area contributed by atoms with Gasteiger partial charge < -0.3 is 5.11 Å². The quantitative estimate of drug-likeness (QED) is 0.861. The van der Waals surface area contributed by atoms with Crippen LogP contribution in [0.2, 0.25) is 0 Å². The summed E-state index contributed by atoms with van der Waals surface area (Å²) < 4.78 is 26.4. The Kier molecular flexibility index (Phi) is 4.16. The van der Waals surface area contributed by atoms with Crippen molar-refractivity contribution in [2.75, 3.05) is 0 Å². The van der Waals surface area contributed by atoms with Crippen LogP contribution in [0.3, 0.4) is 0 Å². The highest BCUT2D eigenvalue weighted by atomic mass is 32.2. The molecule has 0 radical (unpaired) electrons. The highest BCUT2D eigenvalue weighted by Crippen LogP contribution is 2.25. The molecule has 0 aliphatic rings. The molecule has 5 heteroatoms. The predicted molar refractivity (Wildman–Crippen MR) is 69.3 cm³/mol. The molecule has 0 aliphatic carbocycles. The maximum atomic E-state index is 13.4. The summed E-state index contributed by atoms with van der Waals surface area (Å²) in [4.78, 5) is 11.5. The van der Waals surface area contributed by atoms with Crippen LogP contribution in [0.25, 0.3) is 0 Å². The monoisotopic (exact) mass is 280 g/mol. The molecular weight excluding hydrogens is 270 g/mol. The Labute approximate surface area is 113 Å². The third-order valence-electron chi connectivity index (χ3n) is 2.53. The fourth-order valence-electron chi connectivity index (χ4n) is 1.51. The normalized spacial score (nSPS) is 10.4. The Morgan fingerprint density at radius 3 is 2.42 bits per heavy atom. The van der Waals surface area contributed by atoms with Gasteiger partial charge in [0.25, 0.3) is 0 Å². The van der Waals surface area contributed by atoms with E-state index in [1.54, 1.807) is 12.1 Å². The minimum absolute atomic E-state index is 0.196. The van der Waals surface area contributed by atoms with E-state index >= 15 is 0 Å². The number of benzene rings is 2. The first-order valence-corrected chi connectivity index (χ1v) is 6.45. The first kappa shape index (κ1) is 13.5. The zero-order chi connectivity index (χ0) is 13.8. The molecule has 2 nitrogen and oxygen atoms in total. The van der Waals surface area contributed by atoms with Gasteiger partial charge in [-0.25, -0.2) is 13.6 Å². The average molecular weight is 280 g/mol. The molecule has 0 saturated carbocycles. The number of hydrogen-bond donors (Lipinski definition) is 1. The third kappa shape index (κ3) is 3.32. The molecule has 2 rings (SSSR count). The number of carboxylic acids is 1. The molecule has 0 unspecified atom stereocenters. The zero-order valence-electron chi connectivity index (χ0n) is 9.77. The van der Waals surface area contributed by atoms with Gasteiger partial charge in [-0.05, 0) is 30.3 Å². The number of halogens is 2. The summed E-state index contributed by atoms with van der Waals surface area (Å²) in [5, 5.41) is 8.75. The highest BCUT2D eigenvalue weighted by molar-refractivity contribution is 7.98. The lowest BCUT2D eigenvalue weighted by Crippen LogP contribution is -1.95. The molecule has 19 heavy (non-hydrogen) atoms. The van der Waals surface area contributed by atoms with Crippen molar-refractivity contribution in [2.45, 2.75) is 10.6 Å². The smallest absolute Gasteiger partial charge is 0.335 e. The summed E-state index contributed by atoms with van der Waals surface area (Å²) in [6.07, 6.45) is 0. The van der Waals surface area contributed by atoms with Gasteiger partial charge in [-0.2, -0.15) is 0 Å².